The maximum absolute atomic E-state index is 13.7. The SMILES string of the molecule is CCCCc1ccc(O)c2c1C[C@H]1C[C@H]3[C@H](N(C)C)C(O)C(C(N)=O)C(=O)[C@@]3(O)C(=O)C1=C2O. The molecule has 2 fully saturated rings. The summed E-state index contributed by atoms with van der Waals surface area (Å²) < 4.78 is 0. The lowest BCUT2D eigenvalue weighted by molar-refractivity contribution is -0.184. The topological polar surface area (TPSA) is 161 Å². The molecule has 9 nitrogen and oxygen atoms in total. The van der Waals surface area contributed by atoms with Crippen LogP contribution >= 0.6 is 0 Å². The van der Waals surface area contributed by atoms with Gasteiger partial charge in [-0.3, -0.25) is 14.4 Å². The lowest BCUT2D eigenvalue weighted by Gasteiger charge is -2.53. The van der Waals surface area contributed by atoms with Crippen LogP contribution in [0.1, 0.15) is 42.9 Å². The molecule has 184 valence electrons. The second-order valence-corrected chi connectivity index (χ2v) is 9.99. The van der Waals surface area contributed by atoms with Crippen molar-refractivity contribution >= 4 is 23.2 Å². The normalized spacial score (nSPS) is 32.9. The van der Waals surface area contributed by atoms with Gasteiger partial charge in [0.05, 0.1) is 11.7 Å². The summed E-state index contributed by atoms with van der Waals surface area (Å²) in [5.74, 6) is -7.20. The highest BCUT2D eigenvalue weighted by atomic mass is 16.3. The third-order valence-electron chi connectivity index (χ3n) is 7.87. The Morgan fingerprint density at radius 1 is 1.24 bits per heavy atom. The van der Waals surface area contributed by atoms with Gasteiger partial charge >= 0.3 is 0 Å². The van der Waals surface area contributed by atoms with E-state index in [1.807, 2.05) is 6.07 Å². The van der Waals surface area contributed by atoms with Crippen LogP contribution in [0.2, 0.25) is 0 Å². The molecule has 0 spiro atoms. The van der Waals surface area contributed by atoms with Crippen LogP contribution in [0.3, 0.4) is 0 Å². The van der Waals surface area contributed by atoms with Gasteiger partial charge in [0, 0.05) is 17.5 Å². The molecule has 1 aromatic rings. The summed E-state index contributed by atoms with van der Waals surface area (Å²) in [4.78, 5) is 40.6. The molecule has 0 bridgehead atoms. The molecule has 3 aliphatic carbocycles. The van der Waals surface area contributed by atoms with E-state index in [0.29, 0.717) is 6.42 Å². The summed E-state index contributed by atoms with van der Waals surface area (Å²) in [7, 11) is 3.26. The minimum absolute atomic E-state index is 0.125. The molecule has 0 saturated heterocycles. The number of likely N-dealkylation sites (N-methyl/N-ethyl adjacent to an activating group) is 1. The number of amides is 1. The van der Waals surface area contributed by atoms with Gasteiger partial charge in [-0.25, -0.2) is 0 Å². The molecule has 4 rings (SSSR count). The Morgan fingerprint density at radius 3 is 2.50 bits per heavy atom. The van der Waals surface area contributed by atoms with Crippen molar-refractivity contribution < 1.29 is 34.8 Å². The summed E-state index contributed by atoms with van der Waals surface area (Å²) in [5.41, 5.74) is 4.49. The quantitative estimate of drug-likeness (QED) is 0.387. The standard InChI is InChI=1S/C25H32N2O7/c1-4-5-6-11-7-8-15(28)17-13(11)9-12-10-14-19(27(2)3)21(30)18(24(26)33)23(32)25(14,34)22(31)16(12)20(17)29/h7-8,12,14,18-19,21,28-30,34H,4-6,9-10H2,1-3H3,(H2,26,33)/t12-,14-,18?,19-,21?,25-/m0/s1. The summed E-state index contributed by atoms with van der Waals surface area (Å²) in [6, 6.07) is 2.40. The first kappa shape index (κ1) is 24.4. The molecule has 2 unspecified atom stereocenters. The van der Waals surface area contributed by atoms with E-state index in [4.69, 9.17) is 5.73 Å². The smallest absolute Gasteiger partial charge is 0.230 e. The minimum Gasteiger partial charge on any atom is -0.507 e. The lowest BCUT2D eigenvalue weighted by Crippen LogP contribution is -2.73. The number of aromatic hydroxyl groups is 1. The van der Waals surface area contributed by atoms with Gasteiger partial charge < -0.3 is 31.1 Å². The third-order valence-corrected chi connectivity index (χ3v) is 7.87. The number of aliphatic hydroxyl groups excluding tert-OH is 2. The number of phenols is 1. The van der Waals surface area contributed by atoms with E-state index in [-0.39, 0.29) is 23.3 Å². The van der Waals surface area contributed by atoms with Crippen molar-refractivity contribution in [1.82, 2.24) is 4.90 Å². The maximum atomic E-state index is 13.7. The molecule has 0 aromatic heterocycles. The maximum Gasteiger partial charge on any atom is 0.230 e. The van der Waals surface area contributed by atoms with Crippen LogP contribution in [-0.4, -0.2) is 74.6 Å². The molecule has 0 heterocycles. The van der Waals surface area contributed by atoms with Crippen molar-refractivity contribution in [3.8, 4) is 5.75 Å². The van der Waals surface area contributed by atoms with Gasteiger partial charge in [-0.15, -0.1) is 0 Å². The van der Waals surface area contributed by atoms with E-state index < -0.39 is 58.7 Å². The number of primary amides is 1. The average Bonchev–Trinajstić information content (AvgIpc) is 2.75. The zero-order chi connectivity index (χ0) is 25.1. The zero-order valence-electron chi connectivity index (χ0n) is 19.6. The van der Waals surface area contributed by atoms with Gasteiger partial charge in [-0.2, -0.15) is 0 Å². The number of Topliss-reactive ketones (excluding diaryl/α,β-unsaturated/α-hetero) is 2. The number of hydrogen-bond donors (Lipinski definition) is 5. The van der Waals surface area contributed by atoms with Crippen LogP contribution in [0.4, 0.5) is 0 Å². The van der Waals surface area contributed by atoms with Crippen LogP contribution in [0.5, 0.6) is 5.75 Å². The van der Waals surface area contributed by atoms with Crippen LogP contribution in [-0.2, 0) is 27.2 Å². The van der Waals surface area contributed by atoms with E-state index >= 15 is 0 Å². The minimum atomic E-state index is -2.62. The first-order valence-electron chi connectivity index (χ1n) is 11.7. The number of aliphatic hydroxyl groups is 3. The number of nitrogens with two attached hydrogens (primary N) is 1. The summed E-state index contributed by atoms with van der Waals surface area (Å²) >= 11 is 0. The fraction of sp³-hybridized carbons (Fsp3) is 0.560. The highest BCUT2D eigenvalue weighted by Crippen LogP contribution is 2.52. The molecule has 3 aliphatic rings. The molecule has 6 N–H and O–H groups in total. The van der Waals surface area contributed by atoms with Gasteiger partial charge in [-0.1, -0.05) is 19.4 Å². The summed E-state index contributed by atoms with van der Waals surface area (Å²) in [6.07, 6.45) is 1.60. The largest absolute Gasteiger partial charge is 0.507 e. The predicted octanol–water partition coefficient (Wildman–Crippen LogP) is 0.472. The number of carbonyl (C=O) groups is 3. The molecular weight excluding hydrogens is 440 g/mol. The molecule has 0 radical (unpaired) electrons. The molecule has 34 heavy (non-hydrogen) atoms. The summed E-state index contributed by atoms with van der Waals surface area (Å²) in [5, 5.41) is 44.2. The second-order valence-electron chi connectivity index (χ2n) is 9.99. The molecular formula is C25H32N2O7. The molecule has 0 aliphatic heterocycles. The number of aryl methyl sites for hydroxylation is 1. The number of unbranched alkanes of at least 4 members (excludes halogenated alkanes) is 1. The van der Waals surface area contributed by atoms with Crippen molar-refractivity contribution in [3.05, 3.63) is 34.4 Å². The number of nitrogens with zero attached hydrogens (tertiary/aromatic N) is 1. The van der Waals surface area contributed by atoms with E-state index in [1.54, 1.807) is 19.0 Å². The molecule has 2 saturated carbocycles. The highest BCUT2D eigenvalue weighted by Gasteiger charge is 2.67. The fourth-order valence-corrected chi connectivity index (χ4v) is 6.27. The number of ketones is 2. The van der Waals surface area contributed by atoms with Gasteiger partial charge in [0.2, 0.25) is 11.7 Å². The molecule has 1 aromatic carbocycles. The van der Waals surface area contributed by atoms with E-state index in [9.17, 15) is 34.8 Å². The number of rotatable bonds is 5. The third kappa shape index (κ3) is 3.29. The van der Waals surface area contributed by atoms with Crippen molar-refractivity contribution in [2.24, 2.45) is 23.5 Å². The number of carbonyl (C=O) groups excluding carboxylic acids is 3. The fourth-order valence-electron chi connectivity index (χ4n) is 6.27. The van der Waals surface area contributed by atoms with Gasteiger partial charge in [0.25, 0.3) is 0 Å². The number of phenolic OH excluding ortho intramolecular Hbond substituents is 1. The van der Waals surface area contributed by atoms with Crippen LogP contribution < -0.4 is 5.73 Å². The Kier molecular flexibility index (Phi) is 6.08. The Bertz CT molecular complexity index is 1090. The van der Waals surface area contributed by atoms with E-state index in [2.05, 4.69) is 6.92 Å². The van der Waals surface area contributed by atoms with Gasteiger partial charge in [0.1, 0.15) is 17.4 Å². The second kappa shape index (κ2) is 8.48. The number of benzene rings is 1. The summed E-state index contributed by atoms with van der Waals surface area (Å²) in [6.45, 7) is 2.06. The highest BCUT2D eigenvalue weighted by molar-refractivity contribution is 6.25. The van der Waals surface area contributed by atoms with Crippen molar-refractivity contribution in [2.45, 2.75) is 56.8 Å². The first-order chi connectivity index (χ1) is 16.0. The Labute approximate surface area is 197 Å². The monoisotopic (exact) mass is 472 g/mol. The molecule has 9 heteroatoms. The Balaban J connectivity index is 1.89. The van der Waals surface area contributed by atoms with Crippen molar-refractivity contribution in [2.75, 3.05) is 14.1 Å². The van der Waals surface area contributed by atoms with Crippen LogP contribution in [0.25, 0.3) is 5.76 Å². The Morgan fingerprint density at radius 2 is 1.91 bits per heavy atom. The Hall–Kier alpha value is -2.75. The molecule has 1 amide bonds. The van der Waals surface area contributed by atoms with Crippen LogP contribution in [0.15, 0.2) is 17.7 Å². The average molecular weight is 473 g/mol. The van der Waals surface area contributed by atoms with Gasteiger partial charge in [0.15, 0.2) is 11.4 Å². The van der Waals surface area contributed by atoms with E-state index in [0.717, 1.165) is 30.4 Å². The predicted molar refractivity (Wildman–Crippen MR) is 123 cm³/mol. The van der Waals surface area contributed by atoms with E-state index in [1.165, 1.54) is 6.07 Å². The number of hydrogen-bond acceptors (Lipinski definition) is 8. The van der Waals surface area contributed by atoms with Crippen LogP contribution in [0, 0.1) is 17.8 Å². The van der Waals surface area contributed by atoms with Gasteiger partial charge in [-0.05, 0) is 62.9 Å². The first-order valence-corrected chi connectivity index (χ1v) is 11.7. The number of fused-ring (bicyclic) bond motifs is 3. The van der Waals surface area contributed by atoms with Crippen molar-refractivity contribution in [3.63, 3.8) is 0 Å². The zero-order valence-corrected chi connectivity index (χ0v) is 19.6. The molecule has 6 atom stereocenters. The lowest BCUT2D eigenvalue weighted by atomic mass is 9.54. The van der Waals surface area contributed by atoms with Crippen molar-refractivity contribution in [1.29, 1.82) is 0 Å².